The summed E-state index contributed by atoms with van der Waals surface area (Å²) in [6, 6.07) is 3.23. The van der Waals surface area contributed by atoms with Crippen LogP contribution in [0.5, 0.6) is 0 Å². The van der Waals surface area contributed by atoms with Gasteiger partial charge < -0.3 is 25.2 Å². The number of carbonyl (C=O) groups is 2. The number of carbonyl (C=O) groups excluding carboxylic acids is 2. The highest BCUT2D eigenvalue weighted by atomic mass is 32.2. The summed E-state index contributed by atoms with van der Waals surface area (Å²) < 4.78 is 28.3. The fourth-order valence-electron chi connectivity index (χ4n) is 2.74. The zero-order valence-electron chi connectivity index (χ0n) is 14.6. The number of benzene rings is 1. The van der Waals surface area contributed by atoms with E-state index in [1.54, 1.807) is 0 Å². The summed E-state index contributed by atoms with van der Waals surface area (Å²) in [6.07, 6.45) is 1.44. The van der Waals surface area contributed by atoms with Gasteiger partial charge in [0.05, 0.1) is 30.8 Å². The Labute approximate surface area is 151 Å². The molecule has 0 atom stereocenters. The van der Waals surface area contributed by atoms with E-state index in [0.29, 0.717) is 13.0 Å². The SMILES string of the molecule is COC(=O)c1cc(NC(=O)N2CCC(CO)(CO)C2)cc(S(C)(=O)=O)c1. The summed E-state index contributed by atoms with van der Waals surface area (Å²) in [7, 11) is -2.44. The topological polar surface area (TPSA) is 133 Å². The molecule has 2 amide bonds. The van der Waals surface area contributed by atoms with Gasteiger partial charge in [0, 0.05) is 30.4 Å². The molecule has 0 aromatic heterocycles. The van der Waals surface area contributed by atoms with E-state index in [4.69, 9.17) is 0 Å². The molecule has 3 N–H and O–H groups in total. The van der Waals surface area contributed by atoms with Crippen LogP contribution in [-0.4, -0.2) is 75.2 Å². The van der Waals surface area contributed by atoms with E-state index >= 15 is 0 Å². The number of aliphatic hydroxyl groups is 2. The molecule has 0 spiro atoms. The molecule has 26 heavy (non-hydrogen) atoms. The van der Waals surface area contributed by atoms with Crippen molar-refractivity contribution in [2.24, 2.45) is 5.41 Å². The summed E-state index contributed by atoms with van der Waals surface area (Å²) in [5.41, 5.74) is -0.626. The third-order valence-electron chi connectivity index (χ3n) is 4.40. The molecule has 1 aromatic rings. The predicted molar refractivity (Wildman–Crippen MR) is 92.7 cm³/mol. The lowest BCUT2D eigenvalue weighted by atomic mass is 9.89. The lowest BCUT2D eigenvalue weighted by molar-refractivity contribution is 0.0600. The number of hydrogen-bond donors (Lipinski definition) is 3. The molecule has 144 valence electrons. The Morgan fingerprint density at radius 3 is 2.42 bits per heavy atom. The minimum absolute atomic E-state index is 0.00721. The first-order chi connectivity index (χ1) is 12.1. The standard InChI is InChI=1S/C16H22N2O7S/c1-25-14(21)11-5-12(7-13(6-11)26(2,23)24)17-15(22)18-4-3-16(8-18,9-19)10-20/h5-7,19-20H,3-4,8-10H2,1-2H3,(H,17,22). The highest BCUT2D eigenvalue weighted by Crippen LogP contribution is 2.30. The molecule has 0 radical (unpaired) electrons. The molecule has 1 heterocycles. The maximum Gasteiger partial charge on any atom is 0.337 e. The van der Waals surface area contributed by atoms with Gasteiger partial charge in [-0.3, -0.25) is 0 Å². The van der Waals surface area contributed by atoms with Crippen molar-refractivity contribution in [1.82, 2.24) is 4.90 Å². The van der Waals surface area contributed by atoms with Crippen LogP contribution in [0.2, 0.25) is 0 Å². The van der Waals surface area contributed by atoms with Crippen molar-refractivity contribution in [2.45, 2.75) is 11.3 Å². The fourth-order valence-corrected chi connectivity index (χ4v) is 3.42. The van der Waals surface area contributed by atoms with E-state index in [0.717, 1.165) is 6.26 Å². The van der Waals surface area contributed by atoms with Gasteiger partial charge in [-0.25, -0.2) is 18.0 Å². The molecule has 0 saturated carbocycles. The molecule has 9 nitrogen and oxygen atoms in total. The van der Waals surface area contributed by atoms with Gasteiger partial charge in [0.1, 0.15) is 0 Å². The second-order valence-corrected chi connectivity index (χ2v) is 8.44. The van der Waals surface area contributed by atoms with Crippen LogP contribution in [0.1, 0.15) is 16.8 Å². The first-order valence-corrected chi connectivity index (χ1v) is 9.74. The fraction of sp³-hybridized carbons (Fsp3) is 0.500. The van der Waals surface area contributed by atoms with E-state index < -0.39 is 27.3 Å². The zero-order valence-corrected chi connectivity index (χ0v) is 15.4. The van der Waals surface area contributed by atoms with Gasteiger partial charge in [-0.2, -0.15) is 0 Å². The predicted octanol–water partition coefficient (Wildman–Crippen LogP) is 0.0853. The number of methoxy groups -OCH3 is 1. The Balaban J connectivity index is 2.26. The van der Waals surface area contributed by atoms with Crippen LogP contribution >= 0.6 is 0 Å². The maximum atomic E-state index is 12.4. The number of hydrogen-bond acceptors (Lipinski definition) is 7. The average Bonchev–Trinajstić information content (AvgIpc) is 3.05. The number of aliphatic hydroxyl groups excluding tert-OH is 2. The second kappa shape index (κ2) is 7.60. The Morgan fingerprint density at radius 2 is 1.92 bits per heavy atom. The lowest BCUT2D eigenvalue weighted by Gasteiger charge is -2.24. The van der Waals surface area contributed by atoms with Crippen LogP contribution in [0.15, 0.2) is 23.1 Å². The number of rotatable bonds is 5. The average molecular weight is 386 g/mol. The van der Waals surface area contributed by atoms with Crippen molar-refractivity contribution in [2.75, 3.05) is 45.0 Å². The van der Waals surface area contributed by atoms with Gasteiger partial charge >= 0.3 is 12.0 Å². The monoisotopic (exact) mass is 386 g/mol. The minimum Gasteiger partial charge on any atom is -0.465 e. The highest BCUT2D eigenvalue weighted by molar-refractivity contribution is 7.90. The molecule has 1 fully saturated rings. The smallest absolute Gasteiger partial charge is 0.337 e. The van der Waals surface area contributed by atoms with Crippen LogP contribution in [0.4, 0.5) is 10.5 Å². The van der Waals surface area contributed by atoms with Gasteiger partial charge in [-0.15, -0.1) is 0 Å². The van der Waals surface area contributed by atoms with Crippen LogP contribution in [0.3, 0.4) is 0 Å². The van der Waals surface area contributed by atoms with Crippen molar-refractivity contribution in [3.05, 3.63) is 23.8 Å². The zero-order chi connectivity index (χ0) is 19.5. The van der Waals surface area contributed by atoms with E-state index in [1.165, 1.54) is 30.2 Å². The Hall–Kier alpha value is -2.17. The molecule has 0 bridgehead atoms. The minimum atomic E-state index is -3.61. The van der Waals surface area contributed by atoms with Gasteiger partial charge in [0.15, 0.2) is 9.84 Å². The number of nitrogens with one attached hydrogen (secondary N) is 1. The molecule has 1 aliphatic heterocycles. The molecule has 1 aromatic carbocycles. The Morgan fingerprint density at radius 1 is 1.27 bits per heavy atom. The van der Waals surface area contributed by atoms with E-state index in [9.17, 15) is 28.2 Å². The van der Waals surface area contributed by atoms with Gasteiger partial charge in [0.25, 0.3) is 0 Å². The number of ether oxygens (including phenoxy) is 1. The van der Waals surface area contributed by atoms with Gasteiger partial charge in [-0.05, 0) is 24.6 Å². The first-order valence-electron chi connectivity index (χ1n) is 7.85. The number of amides is 2. The molecule has 1 aliphatic rings. The number of urea groups is 1. The van der Waals surface area contributed by atoms with Crippen LogP contribution < -0.4 is 5.32 Å². The van der Waals surface area contributed by atoms with Gasteiger partial charge in [0.2, 0.25) is 0 Å². The molecular weight excluding hydrogens is 364 g/mol. The van der Waals surface area contributed by atoms with Crippen molar-refractivity contribution < 1.29 is 33.0 Å². The third kappa shape index (κ3) is 4.32. The second-order valence-electron chi connectivity index (χ2n) is 6.43. The molecule has 2 rings (SSSR count). The number of esters is 1. The lowest BCUT2D eigenvalue weighted by Crippen LogP contribution is -2.38. The van der Waals surface area contributed by atoms with E-state index in [1.807, 2.05) is 0 Å². The number of anilines is 1. The normalized spacial score (nSPS) is 16.4. The summed E-state index contributed by atoms with van der Waals surface area (Å²) in [6.45, 7) is 0.0106. The Bertz CT molecular complexity index is 803. The van der Waals surface area contributed by atoms with Crippen molar-refractivity contribution in [3.8, 4) is 0 Å². The third-order valence-corrected chi connectivity index (χ3v) is 5.50. The van der Waals surface area contributed by atoms with E-state index in [-0.39, 0.29) is 35.9 Å². The summed E-state index contributed by atoms with van der Waals surface area (Å²) in [4.78, 5) is 25.5. The quantitative estimate of drug-likeness (QED) is 0.611. The highest BCUT2D eigenvalue weighted by Gasteiger charge is 2.39. The molecule has 0 aliphatic carbocycles. The number of likely N-dealkylation sites (tertiary alicyclic amines) is 1. The maximum absolute atomic E-state index is 12.4. The summed E-state index contributed by atoms with van der Waals surface area (Å²) in [5.74, 6) is -0.730. The first kappa shape index (κ1) is 20.1. The largest absolute Gasteiger partial charge is 0.465 e. The summed E-state index contributed by atoms with van der Waals surface area (Å²) in [5, 5.41) is 21.4. The van der Waals surface area contributed by atoms with Crippen LogP contribution in [0, 0.1) is 5.41 Å². The number of nitrogens with zero attached hydrogens (tertiary/aromatic N) is 1. The molecule has 1 saturated heterocycles. The van der Waals surface area contributed by atoms with E-state index in [2.05, 4.69) is 10.1 Å². The summed E-state index contributed by atoms with van der Waals surface area (Å²) >= 11 is 0. The molecular formula is C16H22N2O7S. The number of sulfone groups is 1. The van der Waals surface area contributed by atoms with Crippen LogP contribution in [-0.2, 0) is 14.6 Å². The van der Waals surface area contributed by atoms with Crippen molar-refractivity contribution in [1.29, 1.82) is 0 Å². The molecule has 10 heteroatoms. The molecule has 0 unspecified atom stereocenters. The Kier molecular flexibility index (Phi) is 5.89. The van der Waals surface area contributed by atoms with Crippen molar-refractivity contribution >= 4 is 27.5 Å². The van der Waals surface area contributed by atoms with Crippen LogP contribution in [0.25, 0.3) is 0 Å². The van der Waals surface area contributed by atoms with Gasteiger partial charge in [-0.1, -0.05) is 0 Å². The van der Waals surface area contributed by atoms with Crippen molar-refractivity contribution in [3.63, 3.8) is 0 Å².